The van der Waals surface area contributed by atoms with Gasteiger partial charge in [-0.3, -0.25) is 10.1 Å². The van der Waals surface area contributed by atoms with Gasteiger partial charge in [0.25, 0.3) is 5.91 Å². The summed E-state index contributed by atoms with van der Waals surface area (Å²) in [6, 6.07) is 17.3. The molecule has 1 N–H and O–H groups in total. The normalized spacial score (nSPS) is 10.4. The topological polar surface area (TPSA) is 73.3 Å². The standard InChI is InChI=1S/C20H21N3O3S/c1-2-15-7-6-10-17(13-15)26-14-18(24)21-20-23-22-19(27-20)11-12-25-16-8-4-3-5-9-16/h3-10,13H,2,11-12,14H2,1H3,(H,21,23,24). The summed E-state index contributed by atoms with van der Waals surface area (Å²) in [4.78, 5) is 12.0. The molecule has 0 aliphatic carbocycles. The van der Waals surface area contributed by atoms with Crippen molar-refractivity contribution in [1.82, 2.24) is 10.2 Å². The highest BCUT2D eigenvalue weighted by atomic mass is 32.1. The minimum atomic E-state index is -0.264. The molecular weight excluding hydrogens is 362 g/mol. The Kier molecular flexibility index (Phi) is 6.76. The van der Waals surface area contributed by atoms with Gasteiger partial charge in [0.15, 0.2) is 6.61 Å². The monoisotopic (exact) mass is 383 g/mol. The van der Waals surface area contributed by atoms with E-state index in [1.54, 1.807) is 0 Å². The van der Waals surface area contributed by atoms with Crippen molar-refractivity contribution in [3.05, 3.63) is 65.2 Å². The van der Waals surface area contributed by atoms with E-state index in [2.05, 4.69) is 22.4 Å². The van der Waals surface area contributed by atoms with Gasteiger partial charge >= 0.3 is 0 Å². The predicted molar refractivity (Wildman–Crippen MR) is 105 cm³/mol. The Labute approximate surface area is 162 Å². The molecule has 1 aromatic heterocycles. The quantitative estimate of drug-likeness (QED) is 0.609. The molecule has 0 aliphatic heterocycles. The number of amides is 1. The fourth-order valence-electron chi connectivity index (χ4n) is 2.34. The van der Waals surface area contributed by atoms with E-state index < -0.39 is 0 Å². The van der Waals surface area contributed by atoms with Crippen LogP contribution in [0.4, 0.5) is 5.13 Å². The van der Waals surface area contributed by atoms with Gasteiger partial charge in [0.05, 0.1) is 6.61 Å². The van der Waals surface area contributed by atoms with Crippen molar-refractivity contribution in [3.63, 3.8) is 0 Å². The molecule has 0 fully saturated rings. The first kappa shape index (κ1) is 18.8. The lowest BCUT2D eigenvalue weighted by Gasteiger charge is -2.06. The third kappa shape index (κ3) is 6.07. The number of hydrogen-bond donors (Lipinski definition) is 1. The molecule has 0 spiro atoms. The van der Waals surface area contributed by atoms with Crippen LogP contribution in [-0.2, 0) is 17.6 Å². The Balaban J connectivity index is 1.42. The van der Waals surface area contributed by atoms with Crippen LogP contribution in [0, 0.1) is 0 Å². The second-order valence-corrected chi connectivity index (χ2v) is 6.81. The van der Waals surface area contributed by atoms with Gasteiger partial charge in [-0.05, 0) is 36.2 Å². The van der Waals surface area contributed by atoms with Gasteiger partial charge in [-0.15, -0.1) is 10.2 Å². The minimum absolute atomic E-state index is 0.0702. The Bertz CT molecular complexity index is 868. The second-order valence-electron chi connectivity index (χ2n) is 5.75. The summed E-state index contributed by atoms with van der Waals surface area (Å²) < 4.78 is 11.2. The number of carbonyl (C=O) groups is 1. The van der Waals surface area contributed by atoms with E-state index in [1.807, 2.05) is 54.6 Å². The van der Waals surface area contributed by atoms with Crippen molar-refractivity contribution in [1.29, 1.82) is 0 Å². The summed E-state index contributed by atoms with van der Waals surface area (Å²) in [7, 11) is 0. The first-order valence-corrected chi connectivity index (χ1v) is 9.56. The lowest BCUT2D eigenvalue weighted by atomic mass is 10.2. The average molecular weight is 383 g/mol. The molecule has 3 rings (SSSR count). The molecule has 0 radical (unpaired) electrons. The van der Waals surface area contributed by atoms with E-state index in [-0.39, 0.29) is 12.5 Å². The lowest BCUT2D eigenvalue weighted by molar-refractivity contribution is -0.118. The summed E-state index contributed by atoms with van der Waals surface area (Å²) in [6.45, 7) is 2.51. The summed E-state index contributed by atoms with van der Waals surface area (Å²) in [5.41, 5.74) is 1.17. The third-order valence-corrected chi connectivity index (χ3v) is 4.62. The number of benzene rings is 2. The number of nitrogens with one attached hydrogen (secondary N) is 1. The highest BCUT2D eigenvalue weighted by molar-refractivity contribution is 7.15. The third-order valence-electron chi connectivity index (χ3n) is 3.72. The number of para-hydroxylation sites is 1. The predicted octanol–water partition coefficient (Wildman–Crippen LogP) is 3.74. The van der Waals surface area contributed by atoms with Crippen LogP contribution in [0.15, 0.2) is 54.6 Å². The highest BCUT2D eigenvalue weighted by Crippen LogP contribution is 2.17. The molecule has 0 saturated heterocycles. The van der Waals surface area contributed by atoms with E-state index in [9.17, 15) is 4.79 Å². The van der Waals surface area contributed by atoms with Crippen LogP contribution in [0.2, 0.25) is 0 Å². The number of anilines is 1. The molecule has 0 bridgehead atoms. The summed E-state index contributed by atoms with van der Waals surface area (Å²) >= 11 is 1.33. The van der Waals surface area contributed by atoms with Crippen LogP contribution in [0.3, 0.4) is 0 Å². The van der Waals surface area contributed by atoms with Crippen molar-refractivity contribution in [2.75, 3.05) is 18.5 Å². The van der Waals surface area contributed by atoms with E-state index in [0.717, 1.165) is 17.2 Å². The molecule has 0 atom stereocenters. The Morgan fingerprint density at radius 1 is 1.04 bits per heavy atom. The SMILES string of the molecule is CCc1cccc(OCC(=O)Nc2nnc(CCOc3ccccc3)s2)c1. The van der Waals surface area contributed by atoms with Crippen LogP contribution in [0.5, 0.6) is 11.5 Å². The summed E-state index contributed by atoms with van der Waals surface area (Å²) in [5.74, 6) is 1.24. The molecule has 6 nitrogen and oxygen atoms in total. The van der Waals surface area contributed by atoms with Gasteiger partial charge < -0.3 is 9.47 Å². The van der Waals surface area contributed by atoms with Gasteiger partial charge in [-0.2, -0.15) is 0 Å². The molecule has 7 heteroatoms. The largest absolute Gasteiger partial charge is 0.493 e. The zero-order valence-corrected chi connectivity index (χ0v) is 15.9. The van der Waals surface area contributed by atoms with Crippen LogP contribution < -0.4 is 14.8 Å². The Hall–Kier alpha value is -2.93. The molecule has 0 aliphatic rings. The minimum Gasteiger partial charge on any atom is -0.493 e. The fourth-order valence-corrected chi connectivity index (χ4v) is 3.07. The maximum Gasteiger partial charge on any atom is 0.264 e. The molecular formula is C20H21N3O3S. The Morgan fingerprint density at radius 2 is 1.85 bits per heavy atom. The highest BCUT2D eigenvalue weighted by Gasteiger charge is 2.09. The van der Waals surface area contributed by atoms with Crippen LogP contribution in [0.25, 0.3) is 0 Å². The molecule has 2 aromatic carbocycles. The molecule has 27 heavy (non-hydrogen) atoms. The number of ether oxygens (including phenoxy) is 2. The molecule has 1 amide bonds. The van der Waals surface area contributed by atoms with Crippen molar-refractivity contribution in [3.8, 4) is 11.5 Å². The fraction of sp³-hybridized carbons (Fsp3) is 0.250. The number of carbonyl (C=O) groups excluding carboxylic acids is 1. The zero-order valence-electron chi connectivity index (χ0n) is 15.1. The van der Waals surface area contributed by atoms with Gasteiger partial charge in [0.1, 0.15) is 16.5 Å². The number of aryl methyl sites for hydroxylation is 1. The van der Waals surface area contributed by atoms with E-state index in [0.29, 0.717) is 23.9 Å². The molecule has 3 aromatic rings. The van der Waals surface area contributed by atoms with Crippen LogP contribution in [-0.4, -0.2) is 29.3 Å². The lowest BCUT2D eigenvalue weighted by Crippen LogP contribution is -2.20. The summed E-state index contributed by atoms with van der Waals surface area (Å²) in [6.07, 6.45) is 1.55. The zero-order chi connectivity index (χ0) is 18.9. The number of rotatable bonds is 9. The van der Waals surface area contributed by atoms with E-state index in [1.165, 1.54) is 16.9 Å². The Morgan fingerprint density at radius 3 is 2.67 bits per heavy atom. The summed E-state index contributed by atoms with van der Waals surface area (Å²) in [5, 5.41) is 12.0. The van der Waals surface area contributed by atoms with Crippen molar-refractivity contribution >= 4 is 22.4 Å². The van der Waals surface area contributed by atoms with Crippen LogP contribution >= 0.6 is 11.3 Å². The van der Waals surface area contributed by atoms with Crippen molar-refractivity contribution in [2.24, 2.45) is 0 Å². The first-order valence-electron chi connectivity index (χ1n) is 8.75. The number of hydrogen-bond acceptors (Lipinski definition) is 6. The molecule has 1 heterocycles. The number of aromatic nitrogens is 2. The molecule has 140 valence electrons. The average Bonchev–Trinajstić information content (AvgIpc) is 3.14. The first-order chi connectivity index (χ1) is 13.2. The van der Waals surface area contributed by atoms with Gasteiger partial charge in [-0.1, -0.05) is 48.6 Å². The number of nitrogens with zero attached hydrogens (tertiary/aromatic N) is 2. The van der Waals surface area contributed by atoms with Crippen molar-refractivity contribution < 1.29 is 14.3 Å². The van der Waals surface area contributed by atoms with E-state index in [4.69, 9.17) is 9.47 Å². The smallest absolute Gasteiger partial charge is 0.264 e. The van der Waals surface area contributed by atoms with Gasteiger partial charge in [0, 0.05) is 6.42 Å². The van der Waals surface area contributed by atoms with Crippen molar-refractivity contribution in [2.45, 2.75) is 19.8 Å². The van der Waals surface area contributed by atoms with Crippen LogP contribution in [0.1, 0.15) is 17.5 Å². The molecule has 0 unspecified atom stereocenters. The van der Waals surface area contributed by atoms with E-state index >= 15 is 0 Å². The maximum absolute atomic E-state index is 12.0. The second kappa shape index (κ2) is 9.68. The van der Waals surface area contributed by atoms with Gasteiger partial charge in [0.2, 0.25) is 5.13 Å². The van der Waals surface area contributed by atoms with Gasteiger partial charge in [-0.25, -0.2) is 0 Å². The molecule has 0 saturated carbocycles. The maximum atomic E-state index is 12.0.